The van der Waals surface area contributed by atoms with Crippen LogP contribution < -0.4 is 5.73 Å². The summed E-state index contributed by atoms with van der Waals surface area (Å²) in [5.41, 5.74) is 6.39. The molecule has 4 nitrogen and oxygen atoms in total. The molecule has 0 aliphatic carbocycles. The van der Waals surface area contributed by atoms with Gasteiger partial charge < -0.3 is 5.73 Å². The molecule has 0 aliphatic heterocycles. The van der Waals surface area contributed by atoms with Gasteiger partial charge in [-0.25, -0.2) is 0 Å². The Morgan fingerprint density at radius 1 is 1.53 bits per heavy atom. The summed E-state index contributed by atoms with van der Waals surface area (Å²) in [6.07, 6.45) is 0. The number of para-hydroxylation sites is 1. The van der Waals surface area contributed by atoms with E-state index in [1.54, 1.807) is 18.2 Å². The first-order valence-electron chi connectivity index (χ1n) is 4.38. The number of hydrogen-bond acceptors (Lipinski definition) is 4. The lowest BCUT2D eigenvalue weighted by Crippen LogP contribution is -2.03. The van der Waals surface area contributed by atoms with Crippen molar-refractivity contribution in [2.24, 2.45) is 5.73 Å². The highest BCUT2D eigenvalue weighted by Gasteiger charge is 2.12. The van der Waals surface area contributed by atoms with E-state index in [9.17, 15) is 10.1 Å². The van der Waals surface area contributed by atoms with E-state index in [1.165, 1.54) is 17.8 Å². The summed E-state index contributed by atoms with van der Waals surface area (Å²) in [6, 6.07) is 6.65. The van der Waals surface area contributed by atoms with E-state index >= 15 is 0 Å². The van der Waals surface area contributed by atoms with Crippen LogP contribution in [0, 0.1) is 10.1 Å². The second kappa shape index (κ2) is 5.53. The van der Waals surface area contributed by atoms with Gasteiger partial charge in [0.1, 0.15) is 0 Å². The first kappa shape index (κ1) is 11.7. The van der Waals surface area contributed by atoms with Crippen LogP contribution in [0.1, 0.15) is 0 Å². The molecule has 0 bridgehead atoms. The quantitative estimate of drug-likeness (QED) is 0.360. The van der Waals surface area contributed by atoms with E-state index in [0.29, 0.717) is 17.2 Å². The number of nitrogens with two attached hydrogens (primary N) is 1. The van der Waals surface area contributed by atoms with Gasteiger partial charge in [-0.1, -0.05) is 24.3 Å². The highest BCUT2D eigenvalue weighted by atomic mass is 32.2. The minimum atomic E-state index is -0.381. The van der Waals surface area contributed by atoms with Crippen LogP contribution >= 0.6 is 11.8 Å². The number of hydrogen-bond donors (Lipinski definition) is 1. The Hall–Kier alpha value is -1.33. The van der Waals surface area contributed by atoms with Crippen LogP contribution in [0.3, 0.4) is 0 Å². The number of nitro groups is 1. The molecular weight excluding hydrogens is 212 g/mol. The van der Waals surface area contributed by atoms with Crippen LogP contribution in [-0.2, 0) is 0 Å². The van der Waals surface area contributed by atoms with Gasteiger partial charge in [-0.3, -0.25) is 10.1 Å². The van der Waals surface area contributed by atoms with Gasteiger partial charge in [0, 0.05) is 18.4 Å². The first-order chi connectivity index (χ1) is 7.15. The summed E-state index contributed by atoms with van der Waals surface area (Å²) in [7, 11) is 0. The number of rotatable bonds is 5. The fourth-order valence-corrected chi connectivity index (χ4v) is 1.91. The fourth-order valence-electron chi connectivity index (χ4n) is 0.969. The highest BCUT2D eigenvalue weighted by Crippen LogP contribution is 2.29. The lowest BCUT2D eigenvalue weighted by molar-refractivity contribution is -0.387. The Bertz CT molecular complexity index is 379. The first-order valence-corrected chi connectivity index (χ1v) is 5.36. The molecule has 0 heterocycles. The van der Waals surface area contributed by atoms with Crippen molar-refractivity contribution in [1.82, 2.24) is 0 Å². The van der Waals surface area contributed by atoms with Crippen molar-refractivity contribution in [2.45, 2.75) is 4.90 Å². The van der Waals surface area contributed by atoms with Gasteiger partial charge in [0.05, 0.1) is 9.82 Å². The minimum absolute atomic E-state index is 0.132. The SMILES string of the molecule is C=C(CN)CSc1ccccc1[N+](=O)[O-]. The maximum atomic E-state index is 10.7. The van der Waals surface area contributed by atoms with E-state index in [0.717, 1.165) is 5.57 Å². The summed E-state index contributed by atoms with van der Waals surface area (Å²) < 4.78 is 0. The topological polar surface area (TPSA) is 69.2 Å². The maximum Gasteiger partial charge on any atom is 0.282 e. The van der Waals surface area contributed by atoms with Gasteiger partial charge in [-0.05, 0) is 6.07 Å². The number of nitro benzene ring substituents is 1. The predicted octanol–water partition coefficient (Wildman–Crippen LogP) is 2.20. The molecule has 0 fully saturated rings. The molecule has 2 N–H and O–H groups in total. The van der Waals surface area contributed by atoms with Crippen molar-refractivity contribution in [1.29, 1.82) is 0 Å². The molecule has 1 aromatic rings. The number of benzene rings is 1. The second-order valence-corrected chi connectivity index (χ2v) is 3.98. The predicted molar refractivity (Wildman–Crippen MR) is 62.0 cm³/mol. The molecule has 5 heteroatoms. The largest absolute Gasteiger partial charge is 0.327 e. The van der Waals surface area contributed by atoms with Crippen molar-refractivity contribution in [3.63, 3.8) is 0 Å². The van der Waals surface area contributed by atoms with Crippen LogP contribution in [0.2, 0.25) is 0 Å². The van der Waals surface area contributed by atoms with E-state index in [-0.39, 0.29) is 10.6 Å². The summed E-state index contributed by atoms with van der Waals surface area (Å²) in [4.78, 5) is 10.9. The van der Waals surface area contributed by atoms with Crippen LogP contribution in [-0.4, -0.2) is 17.2 Å². The average Bonchev–Trinajstić information content (AvgIpc) is 2.26. The van der Waals surface area contributed by atoms with Gasteiger partial charge >= 0.3 is 0 Å². The molecule has 0 aliphatic rings. The van der Waals surface area contributed by atoms with Gasteiger partial charge in [0.2, 0.25) is 0 Å². The van der Waals surface area contributed by atoms with Gasteiger partial charge in [-0.15, -0.1) is 11.8 Å². The lowest BCUT2D eigenvalue weighted by Gasteiger charge is -2.03. The molecular formula is C10H12N2O2S. The highest BCUT2D eigenvalue weighted by molar-refractivity contribution is 7.99. The lowest BCUT2D eigenvalue weighted by atomic mass is 10.3. The molecule has 0 amide bonds. The summed E-state index contributed by atoms with van der Waals surface area (Å²) >= 11 is 1.39. The zero-order valence-electron chi connectivity index (χ0n) is 8.18. The van der Waals surface area contributed by atoms with E-state index in [2.05, 4.69) is 6.58 Å². The van der Waals surface area contributed by atoms with Crippen molar-refractivity contribution >= 4 is 17.4 Å². The van der Waals surface area contributed by atoms with Gasteiger partial charge in [0.15, 0.2) is 0 Å². The van der Waals surface area contributed by atoms with Crippen LogP contribution in [0.5, 0.6) is 0 Å². The fraction of sp³-hybridized carbons (Fsp3) is 0.200. The normalized spacial score (nSPS) is 9.93. The smallest absolute Gasteiger partial charge is 0.282 e. The third-order valence-corrected chi connectivity index (χ3v) is 2.99. The van der Waals surface area contributed by atoms with Gasteiger partial charge in [0.25, 0.3) is 5.69 Å². The van der Waals surface area contributed by atoms with Crippen molar-refractivity contribution < 1.29 is 4.92 Å². The molecule has 0 radical (unpaired) electrons. The third-order valence-electron chi connectivity index (χ3n) is 1.78. The Labute approximate surface area is 92.3 Å². The zero-order chi connectivity index (χ0) is 11.3. The Morgan fingerprint density at radius 2 is 2.20 bits per heavy atom. The second-order valence-electron chi connectivity index (χ2n) is 2.97. The molecule has 0 aromatic heterocycles. The van der Waals surface area contributed by atoms with E-state index in [4.69, 9.17) is 5.73 Å². The van der Waals surface area contributed by atoms with Crippen molar-refractivity contribution in [3.05, 3.63) is 46.5 Å². The third kappa shape index (κ3) is 3.38. The standard InChI is InChI=1S/C10H12N2O2S/c1-8(6-11)7-15-10-5-3-2-4-9(10)12(13)14/h2-5H,1,6-7,11H2. The van der Waals surface area contributed by atoms with E-state index in [1.807, 2.05) is 0 Å². The number of thioether (sulfide) groups is 1. The van der Waals surface area contributed by atoms with Crippen LogP contribution in [0.4, 0.5) is 5.69 Å². The number of nitrogens with zero attached hydrogens (tertiary/aromatic N) is 1. The average molecular weight is 224 g/mol. The molecule has 0 saturated carbocycles. The zero-order valence-corrected chi connectivity index (χ0v) is 9.00. The summed E-state index contributed by atoms with van der Waals surface area (Å²) in [5, 5.41) is 10.7. The van der Waals surface area contributed by atoms with Crippen molar-refractivity contribution in [2.75, 3.05) is 12.3 Å². The van der Waals surface area contributed by atoms with Crippen molar-refractivity contribution in [3.8, 4) is 0 Å². The van der Waals surface area contributed by atoms with Crippen LogP contribution in [0.25, 0.3) is 0 Å². The molecule has 0 spiro atoms. The molecule has 0 unspecified atom stereocenters. The monoisotopic (exact) mass is 224 g/mol. The Balaban J connectivity index is 2.76. The molecule has 0 atom stereocenters. The molecule has 15 heavy (non-hydrogen) atoms. The summed E-state index contributed by atoms with van der Waals surface area (Å²) in [5.74, 6) is 0.612. The molecule has 1 aromatic carbocycles. The Morgan fingerprint density at radius 3 is 2.80 bits per heavy atom. The molecule has 0 saturated heterocycles. The van der Waals surface area contributed by atoms with Crippen LogP contribution in [0.15, 0.2) is 41.3 Å². The maximum absolute atomic E-state index is 10.7. The minimum Gasteiger partial charge on any atom is -0.327 e. The summed E-state index contributed by atoms with van der Waals surface area (Å²) in [6.45, 7) is 4.16. The van der Waals surface area contributed by atoms with E-state index < -0.39 is 0 Å². The van der Waals surface area contributed by atoms with Gasteiger partial charge in [-0.2, -0.15) is 0 Å². The molecule has 80 valence electrons. The Kier molecular flexibility index (Phi) is 4.33. The molecule has 1 rings (SSSR count).